The van der Waals surface area contributed by atoms with Gasteiger partial charge in [0.2, 0.25) is 23.5 Å². The minimum absolute atomic E-state index is 0.445. The Morgan fingerprint density at radius 1 is 0.396 bits per heavy atom. The van der Waals surface area contributed by atoms with Crippen LogP contribution in [0.4, 0.5) is 0 Å². The fraction of sp³-hybridized carbons (Fsp3) is 0.105. The summed E-state index contributed by atoms with van der Waals surface area (Å²) >= 11 is 0. The van der Waals surface area contributed by atoms with Crippen LogP contribution in [0.2, 0.25) is 0 Å². The number of imidazole rings is 4. The Kier molecular flexibility index (Phi) is 5.33. The second-order valence-corrected chi connectivity index (χ2v) is 12.3. The van der Waals surface area contributed by atoms with Crippen molar-refractivity contribution >= 4 is 55.7 Å². The molecule has 0 atom stereocenters. The molecule has 10 rings (SSSR count). The van der Waals surface area contributed by atoms with Crippen molar-refractivity contribution in [2.24, 2.45) is 0 Å². The Hall–Kier alpha value is -6.42. The van der Waals surface area contributed by atoms with Gasteiger partial charge in [0.1, 0.15) is 5.69 Å². The lowest BCUT2D eigenvalue weighted by molar-refractivity contribution is 0.871. The van der Waals surface area contributed by atoms with Crippen LogP contribution < -0.4 is 0 Å². The molecule has 0 unspecified atom stereocenters. The molecule has 0 N–H and O–H groups in total. The van der Waals surface area contributed by atoms with E-state index in [1.165, 1.54) is 5.56 Å². The van der Waals surface area contributed by atoms with Crippen LogP contribution >= 0.6 is 0 Å². The largest absolute Gasteiger partial charge is 0.276 e. The molecular formula is C38H28N10. The molecule has 4 aromatic carbocycles. The summed E-state index contributed by atoms with van der Waals surface area (Å²) in [6.45, 7) is 8.36. The first-order valence-corrected chi connectivity index (χ1v) is 15.9. The third kappa shape index (κ3) is 3.51. The molecule has 0 spiro atoms. The highest BCUT2D eigenvalue weighted by Crippen LogP contribution is 2.33. The first kappa shape index (κ1) is 26.8. The summed E-state index contributed by atoms with van der Waals surface area (Å²) in [6, 6.07) is 32.8. The van der Waals surface area contributed by atoms with Gasteiger partial charge >= 0.3 is 0 Å². The van der Waals surface area contributed by atoms with Crippen molar-refractivity contribution in [1.82, 2.24) is 47.8 Å². The van der Waals surface area contributed by atoms with E-state index in [9.17, 15) is 0 Å². The molecule has 0 radical (unpaired) electrons. The first-order chi connectivity index (χ1) is 23.5. The molecule has 6 heterocycles. The van der Waals surface area contributed by atoms with E-state index in [0.29, 0.717) is 17.7 Å². The highest BCUT2D eigenvalue weighted by Gasteiger charge is 2.25. The van der Waals surface area contributed by atoms with Crippen molar-refractivity contribution < 1.29 is 0 Å². The number of benzene rings is 4. The van der Waals surface area contributed by atoms with E-state index in [1.54, 1.807) is 0 Å². The van der Waals surface area contributed by atoms with E-state index < -0.39 is 0 Å². The van der Waals surface area contributed by atoms with Gasteiger partial charge in [0.05, 0.1) is 44.1 Å². The molecule has 0 aliphatic heterocycles. The van der Waals surface area contributed by atoms with E-state index in [2.05, 4.69) is 66.0 Å². The monoisotopic (exact) mass is 624 g/mol. The number of aryl methyl sites for hydroxylation is 1. The number of hydrogen-bond donors (Lipinski definition) is 0. The van der Waals surface area contributed by atoms with Gasteiger partial charge in [0.15, 0.2) is 5.82 Å². The van der Waals surface area contributed by atoms with Gasteiger partial charge in [0, 0.05) is 5.69 Å². The zero-order valence-electron chi connectivity index (χ0n) is 26.7. The highest BCUT2D eigenvalue weighted by atomic mass is 15.3. The molecule has 10 nitrogen and oxygen atoms in total. The molecule has 0 fully saturated rings. The average molecular weight is 625 g/mol. The standard InChI is InChI=1S/C38H28N10/c1-21-22(2)24(4)39-33(23(21)3)34-42-35(47-31-19-11-9-17-29(31)45-27-15-7-5-13-25(27)40-37(45)47)44-36(43-34)48-32-20-12-10-18-30(32)46-28-16-8-6-14-26(28)41-38(46)48/h5-20H,1-4H3. The SMILES string of the molecule is Cc1nc(-c2nc(-n3c4ccccc4n4c5ccccc5nc34)nc(-n3c4ccccc4n4c5ccccc5nc34)n2)c(C)c(C)c1C. The summed E-state index contributed by atoms with van der Waals surface area (Å²) in [6.07, 6.45) is 0. The number of fused-ring (bicyclic) bond motifs is 10. The summed E-state index contributed by atoms with van der Waals surface area (Å²) in [5.74, 6) is 2.81. The minimum Gasteiger partial charge on any atom is -0.276 e. The van der Waals surface area contributed by atoms with Gasteiger partial charge in [-0.1, -0.05) is 48.5 Å². The molecular weight excluding hydrogens is 596 g/mol. The molecule has 0 aliphatic rings. The van der Waals surface area contributed by atoms with Crippen LogP contribution in [0.25, 0.3) is 79.1 Å². The predicted molar refractivity (Wildman–Crippen MR) is 188 cm³/mol. The Balaban J connectivity index is 1.37. The molecule has 10 aromatic rings. The third-order valence-electron chi connectivity index (χ3n) is 9.74. The summed E-state index contributed by atoms with van der Waals surface area (Å²) < 4.78 is 8.39. The first-order valence-electron chi connectivity index (χ1n) is 15.9. The van der Waals surface area contributed by atoms with Gasteiger partial charge in [-0.15, -0.1) is 0 Å². The fourth-order valence-corrected chi connectivity index (χ4v) is 7.04. The van der Waals surface area contributed by atoms with Crippen LogP contribution in [0.1, 0.15) is 22.4 Å². The number of hydrogen-bond acceptors (Lipinski definition) is 6. The van der Waals surface area contributed by atoms with Crippen molar-refractivity contribution in [1.29, 1.82) is 0 Å². The summed E-state index contributed by atoms with van der Waals surface area (Å²) in [5, 5.41) is 0. The Morgan fingerprint density at radius 2 is 0.833 bits per heavy atom. The lowest BCUT2D eigenvalue weighted by Crippen LogP contribution is -2.12. The van der Waals surface area contributed by atoms with Gasteiger partial charge in [-0.3, -0.25) is 8.80 Å². The van der Waals surface area contributed by atoms with Crippen LogP contribution in [0, 0.1) is 27.7 Å². The summed E-state index contributed by atoms with van der Waals surface area (Å²) in [4.78, 5) is 30.9. The van der Waals surface area contributed by atoms with E-state index in [1.807, 2.05) is 76.7 Å². The van der Waals surface area contributed by atoms with Gasteiger partial charge in [-0.2, -0.15) is 15.0 Å². The smallest absolute Gasteiger partial charge is 0.242 e. The number of para-hydroxylation sites is 8. The van der Waals surface area contributed by atoms with E-state index in [-0.39, 0.29) is 0 Å². The minimum atomic E-state index is 0.445. The predicted octanol–water partition coefficient (Wildman–Crippen LogP) is 7.66. The van der Waals surface area contributed by atoms with Gasteiger partial charge in [-0.25, -0.2) is 24.1 Å². The van der Waals surface area contributed by atoms with Crippen molar-refractivity contribution in [3.05, 3.63) is 119 Å². The molecule has 0 aliphatic carbocycles. The van der Waals surface area contributed by atoms with Crippen molar-refractivity contribution in [3.63, 3.8) is 0 Å². The van der Waals surface area contributed by atoms with E-state index >= 15 is 0 Å². The lowest BCUT2D eigenvalue weighted by Gasteiger charge is -2.14. The molecule has 0 saturated heterocycles. The molecule has 0 bridgehead atoms. The van der Waals surface area contributed by atoms with Crippen LogP contribution in [0.3, 0.4) is 0 Å². The van der Waals surface area contributed by atoms with Gasteiger partial charge in [0.25, 0.3) is 0 Å². The van der Waals surface area contributed by atoms with Crippen molar-refractivity contribution in [2.45, 2.75) is 27.7 Å². The second kappa shape index (κ2) is 9.55. The molecule has 10 heteroatoms. The van der Waals surface area contributed by atoms with Crippen LogP contribution in [-0.4, -0.2) is 47.8 Å². The Labute approximate surface area is 273 Å². The summed E-state index contributed by atoms with van der Waals surface area (Å²) in [5.41, 5.74) is 12.7. The number of pyridine rings is 1. The molecule has 48 heavy (non-hydrogen) atoms. The zero-order chi connectivity index (χ0) is 32.3. The van der Waals surface area contributed by atoms with Gasteiger partial charge in [-0.05, 0) is 92.9 Å². The maximum absolute atomic E-state index is 5.25. The van der Waals surface area contributed by atoms with E-state index in [0.717, 1.165) is 78.2 Å². The van der Waals surface area contributed by atoms with Crippen LogP contribution in [0.5, 0.6) is 0 Å². The topological polar surface area (TPSA) is 96.0 Å². The maximum Gasteiger partial charge on any atom is 0.242 e. The molecule has 6 aromatic heterocycles. The molecule has 0 saturated carbocycles. The zero-order valence-corrected chi connectivity index (χ0v) is 26.7. The Morgan fingerprint density at radius 3 is 1.33 bits per heavy atom. The second-order valence-electron chi connectivity index (χ2n) is 12.3. The number of aromatic nitrogens is 10. The quantitative estimate of drug-likeness (QED) is 0.200. The van der Waals surface area contributed by atoms with Crippen LogP contribution in [0.15, 0.2) is 97.1 Å². The lowest BCUT2D eigenvalue weighted by atomic mass is 10.0. The van der Waals surface area contributed by atoms with Gasteiger partial charge < -0.3 is 0 Å². The van der Waals surface area contributed by atoms with Crippen LogP contribution in [-0.2, 0) is 0 Å². The Bertz CT molecular complexity index is 2790. The van der Waals surface area contributed by atoms with E-state index in [4.69, 9.17) is 29.9 Å². The maximum atomic E-state index is 5.25. The third-order valence-corrected chi connectivity index (χ3v) is 9.74. The normalized spacial score (nSPS) is 12.2. The number of nitrogens with zero attached hydrogens (tertiary/aromatic N) is 10. The fourth-order valence-electron chi connectivity index (χ4n) is 7.04. The summed E-state index contributed by atoms with van der Waals surface area (Å²) in [7, 11) is 0. The number of rotatable bonds is 3. The van der Waals surface area contributed by atoms with Crippen molar-refractivity contribution in [3.8, 4) is 23.4 Å². The van der Waals surface area contributed by atoms with Crippen molar-refractivity contribution in [2.75, 3.05) is 0 Å². The molecule has 230 valence electrons. The highest BCUT2D eigenvalue weighted by molar-refractivity contribution is 5.93. The molecule has 0 amide bonds. The average Bonchev–Trinajstić information content (AvgIpc) is 3.85.